The van der Waals surface area contributed by atoms with Crippen molar-refractivity contribution in [1.29, 1.82) is 0 Å². The first-order chi connectivity index (χ1) is 14.1. The molecule has 7 aliphatic rings. The van der Waals surface area contributed by atoms with Crippen molar-refractivity contribution in [3.8, 4) is 0 Å². The minimum Gasteiger partial charge on any atom is -0.0625 e. The average molecular weight is 423 g/mol. The van der Waals surface area contributed by atoms with Gasteiger partial charge in [0.25, 0.3) is 0 Å². The van der Waals surface area contributed by atoms with E-state index in [1.807, 2.05) is 0 Å². The van der Waals surface area contributed by atoms with E-state index in [4.69, 9.17) is 0 Å². The molecule has 0 spiro atoms. The van der Waals surface area contributed by atoms with Crippen LogP contribution in [0.1, 0.15) is 95.9 Å². The van der Waals surface area contributed by atoms with Crippen LogP contribution >= 0.6 is 0 Å². The van der Waals surface area contributed by atoms with E-state index in [1.165, 1.54) is 0 Å². The highest BCUT2D eigenvalue weighted by Gasteiger charge is 3.00. The molecule has 0 aromatic carbocycles. The van der Waals surface area contributed by atoms with Gasteiger partial charge in [0, 0.05) is 0 Å². The van der Waals surface area contributed by atoms with Gasteiger partial charge in [-0.2, -0.15) is 0 Å². The third-order valence-electron chi connectivity index (χ3n) is 17.8. The quantitative estimate of drug-likeness (QED) is 0.400. The lowest BCUT2D eigenvalue weighted by molar-refractivity contribution is -0.539. The molecule has 31 heavy (non-hydrogen) atoms. The Balaban J connectivity index is 1.71. The Morgan fingerprint density at radius 1 is 0.581 bits per heavy atom. The molecule has 0 aliphatic heterocycles. The molecule has 0 saturated heterocycles. The molecule has 0 N–H and O–H groups in total. The number of rotatable bonds is 1. The summed E-state index contributed by atoms with van der Waals surface area (Å²) in [5.41, 5.74) is 3.20. The van der Waals surface area contributed by atoms with Gasteiger partial charge in [0.05, 0.1) is 0 Å². The molecule has 0 radical (unpaired) electrons. The summed E-state index contributed by atoms with van der Waals surface area (Å²) in [6.07, 6.45) is 3.09. The molecular weight excluding hydrogens is 372 g/mol. The Kier molecular flexibility index (Phi) is 3.03. The molecular formula is C31H50. The standard InChI is InChI=1S/C31H50/c1-15(2)20-18-13-14-19-21-17(4)27(8)29(10)24(20)22-16(3)26(7,23(18)19)31(12,30(21,27)11)25(5,6)28(22,29)9/h15-24H,13-14H2,1-12H3. The molecule has 15 unspecified atom stereocenters. The molecule has 7 aliphatic carbocycles. The van der Waals surface area contributed by atoms with Crippen LogP contribution in [0.15, 0.2) is 0 Å². The van der Waals surface area contributed by atoms with Crippen LogP contribution in [0, 0.1) is 97.1 Å². The molecule has 0 nitrogen and oxygen atoms in total. The average Bonchev–Trinajstić information content (AvgIpc) is 3.09. The molecule has 7 fully saturated rings. The van der Waals surface area contributed by atoms with Gasteiger partial charge in [-0.1, -0.05) is 83.1 Å². The third-order valence-corrected chi connectivity index (χ3v) is 17.8. The van der Waals surface area contributed by atoms with E-state index in [0.29, 0.717) is 37.9 Å². The lowest BCUT2D eigenvalue weighted by Crippen LogP contribution is -2.97. The summed E-state index contributed by atoms with van der Waals surface area (Å²) in [6, 6.07) is 0. The second-order valence-corrected chi connectivity index (χ2v) is 16.2. The fourth-order valence-corrected chi connectivity index (χ4v) is 16.8. The maximum atomic E-state index is 2.88. The first-order valence-corrected chi connectivity index (χ1v) is 14.1. The van der Waals surface area contributed by atoms with Crippen LogP contribution in [0.3, 0.4) is 0 Å². The zero-order chi connectivity index (χ0) is 22.7. The summed E-state index contributed by atoms with van der Waals surface area (Å²) < 4.78 is 0. The minimum absolute atomic E-state index is 0.397. The van der Waals surface area contributed by atoms with Gasteiger partial charge < -0.3 is 0 Å². The Labute approximate surface area is 193 Å². The molecule has 4 bridgehead atoms. The number of hydrogen-bond acceptors (Lipinski definition) is 0. The monoisotopic (exact) mass is 422 g/mol. The normalized spacial score (nSPS) is 75.2. The molecule has 0 amide bonds. The van der Waals surface area contributed by atoms with E-state index in [0.717, 1.165) is 59.2 Å². The van der Waals surface area contributed by atoms with Crippen molar-refractivity contribution in [2.24, 2.45) is 97.1 Å². The van der Waals surface area contributed by atoms with Gasteiger partial charge in [-0.15, -0.1) is 0 Å². The Hall–Kier alpha value is 0. The van der Waals surface area contributed by atoms with Crippen LogP contribution < -0.4 is 0 Å². The lowest BCUT2D eigenvalue weighted by Gasteiger charge is -3.00. The van der Waals surface area contributed by atoms with Gasteiger partial charge in [-0.25, -0.2) is 0 Å². The van der Waals surface area contributed by atoms with Crippen molar-refractivity contribution in [1.82, 2.24) is 0 Å². The summed E-state index contributed by atoms with van der Waals surface area (Å²) in [5, 5.41) is 0. The molecule has 0 aromatic rings. The van der Waals surface area contributed by atoms with Gasteiger partial charge in [0.2, 0.25) is 0 Å². The van der Waals surface area contributed by atoms with Crippen LogP contribution in [0.2, 0.25) is 0 Å². The highest BCUT2D eigenvalue weighted by atomic mass is 15.0. The summed E-state index contributed by atoms with van der Waals surface area (Å²) >= 11 is 0. The topological polar surface area (TPSA) is 0 Å². The van der Waals surface area contributed by atoms with Crippen LogP contribution in [0.5, 0.6) is 0 Å². The van der Waals surface area contributed by atoms with Gasteiger partial charge >= 0.3 is 0 Å². The number of hydrogen-bond donors (Lipinski definition) is 0. The predicted octanol–water partition coefficient (Wildman–Crippen LogP) is 8.17. The minimum atomic E-state index is 0.397. The maximum absolute atomic E-state index is 2.88. The van der Waals surface area contributed by atoms with Crippen LogP contribution in [0.25, 0.3) is 0 Å². The van der Waals surface area contributed by atoms with Crippen LogP contribution in [-0.4, -0.2) is 0 Å². The smallest absolute Gasteiger partial charge is 0.0148 e. The molecule has 174 valence electrons. The van der Waals surface area contributed by atoms with Crippen molar-refractivity contribution in [2.45, 2.75) is 95.9 Å². The summed E-state index contributed by atoms with van der Waals surface area (Å²) in [6.45, 7) is 33.4. The van der Waals surface area contributed by atoms with Crippen molar-refractivity contribution in [3.63, 3.8) is 0 Å². The van der Waals surface area contributed by atoms with Crippen molar-refractivity contribution in [2.75, 3.05) is 0 Å². The second-order valence-electron chi connectivity index (χ2n) is 16.2. The molecule has 15 atom stereocenters. The third kappa shape index (κ3) is 1.20. The predicted molar refractivity (Wildman–Crippen MR) is 129 cm³/mol. The van der Waals surface area contributed by atoms with E-state index in [-0.39, 0.29) is 0 Å². The zero-order valence-electron chi connectivity index (χ0n) is 22.7. The van der Waals surface area contributed by atoms with Gasteiger partial charge in [-0.05, 0) is 110 Å². The van der Waals surface area contributed by atoms with E-state index in [2.05, 4.69) is 83.1 Å². The Bertz CT molecular complexity index is 913. The van der Waals surface area contributed by atoms with E-state index in [9.17, 15) is 0 Å². The van der Waals surface area contributed by atoms with E-state index >= 15 is 0 Å². The Morgan fingerprint density at radius 3 is 1.74 bits per heavy atom. The maximum Gasteiger partial charge on any atom is -0.0148 e. The van der Waals surface area contributed by atoms with Gasteiger partial charge in [0.1, 0.15) is 0 Å². The fraction of sp³-hybridized carbons (Fsp3) is 1.00. The summed E-state index contributed by atoms with van der Waals surface area (Å²) in [5.74, 6) is 9.35. The SMILES string of the molecule is CC(C)C1C2CCC3C2C2(C)C(C)C4C1C1(C)C4(C)C(C)(C)C2(C)C2(C)C3C(C)C12C. The molecule has 7 saturated carbocycles. The molecule has 7 rings (SSSR count). The fourth-order valence-electron chi connectivity index (χ4n) is 16.8. The van der Waals surface area contributed by atoms with E-state index < -0.39 is 0 Å². The number of fused-ring (bicyclic) bond motifs is 3. The first-order valence-electron chi connectivity index (χ1n) is 14.1. The molecule has 0 heteroatoms. The first kappa shape index (κ1) is 20.4. The van der Waals surface area contributed by atoms with Crippen LogP contribution in [0.4, 0.5) is 0 Å². The highest BCUT2D eigenvalue weighted by molar-refractivity contribution is 5.47. The van der Waals surface area contributed by atoms with E-state index in [1.54, 1.807) is 12.8 Å². The highest BCUT2D eigenvalue weighted by Crippen LogP contribution is 3.04. The van der Waals surface area contributed by atoms with Crippen LogP contribution in [-0.2, 0) is 0 Å². The van der Waals surface area contributed by atoms with Crippen molar-refractivity contribution in [3.05, 3.63) is 0 Å². The lowest BCUT2D eigenvalue weighted by atomic mass is 9.03. The molecule has 0 heterocycles. The van der Waals surface area contributed by atoms with Gasteiger partial charge in [-0.3, -0.25) is 0 Å². The summed E-state index contributed by atoms with van der Waals surface area (Å²) in [4.78, 5) is 0. The van der Waals surface area contributed by atoms with Crippen molar-refractivity contribution < 1.29 is 0 Å². The molecule has 0 aromatic heterocycles. The second kappa shape index (κ2) is 4.61. The zero-order valence-corrected chi connectivity index (χ0v) is 22.7. The van der Waals surface area contributed by atoms with Crippen molar-refractivity contribution >= 4 is 0 Å². The van der Waals surface area contributed by atoms with Gasteiger partial charge in [0.15, 0.2) is 0 Å². The largest absolute Gasteiger partial charge is 0.0625 e. The summed E-state index contributed by atoms with van der Waals surface area (Å²) in [7, 11) is 0. The Morgan fingerprint density at radius 2 is 1.16 bits per heavy atom.